The highest BCUT2D eigenvalue weighted by atomic mass is 35.5. The van der Waals surface area contributed by atoms with Crippen molar-refractivity contribution in [3.63, 3.8) is 0 Å². The number of hydrogen-bond acceptors (Lipinski definition) is 10. The van der Waals surface area contributed by atoms with Gasteiger partial charge in [-0.15, -0.1) is 5.06 Å². The molecular weight excluding hydrogens is 658 g/mol. The quantitative estimate of drug-likeness (QED) is 0.110. The molecule has 1 unspecified atom stereocenters. The number of amides is 2. The number of halogens is 1. The summed E-state index contributed by atoms with van der Waals surface area (Å²) in [5, 5.41) is 24.5. The van der Waals surface area contributed by atoms with Crippen LogP contribution in [0.5, 0.6) is 5.75 Å². The van der Waals surface area contributed by atoms with Gasteiger partial charge in [0.15, 0.2) is 24.4 Å². The number of non-ortho nitro benzene ring substituents is 1. The smallest absolute Gasteiger partial charge is 0.340 e. The number of nitrogens with zero attached hydrogens (tertiary/aromatic N) is 5. The molecule has 3 heterocycles. The van der Waals surface area contributed by atoms with Crippen molar-refractivity contribution in [3.8, 4) is 5.75 Å². The molecule has 15 heteroatoms. The number of nitro benzene ring substituents is 2. The van der Waals surface area contributed by atoms with E-state index in [4.69, 9.17) is 9.57 Å². The van der Waals surface area contributed by atoms with Gasteiger partial charge in [-0.05, 0) is 30.7 Å². The molecule has 250 valence electrons. The Hall–Kier alpha value is -6.15. The molecule has 14 nitrogen and oxygen atoms in total. The van der Waals surface area contributed by atoms with Crippen molar-refractivity contribution in [2.45, 2.75) is 32.2 Å². The zero-order chi connectivity index (χ0) is 34.1. The van der Waals surface area contributed by atoms with Gasteiger partial charge in [0.25, 0.3) is 23.2 Å². The van der Waals surface area contributed by atoms with Crippen LogP contribution >= 0.6 is 0 Å². The second-order valence-electron chi connectivity index (χ2n) is 11.2. The molecule has 0 saturated carbocycles. The van der Waals surface area contributed by atoms with Gasteiger partial charge in [0.1, 0.15) is 0 Å². The van der Waals surface area contributed by atoms with E-state index in [0.29, 0.717) is 27.9 Å². The highest BCUT2D eigenvalue weighted by Crippen LogP contribution is 2.40. The predicted octanol–water partition coefficient (Wildman–Crippen LogP) is 2.09. The lowest BCUT2D eigenvalue weighted by molar-refractivity contribution is -0.662. The van der Waals surface area contributed by atoms with Crippen LogP contribution in [-0.2, 0) is 25.8 Å². The normalized spacial score (nSPS) is 15.3. The second kappa shape index (κ2) is 13.9. The molecule has 0 spiro atoms. The molecule has 2 aliphatic heterocycles. The number of rotatable bonds is 9. The number of aromatic nitrogens is 1. The zero-order valence-corrected chi connectivity index (χ0v) is 26.9. The van der Waals surface area contributed by atoms with Crippen LogP contribution in [-0.4, -0.2) is 39.7 Å². The number of hydrogen-bond donors (Lipinski definition) is 0. The Morgan fingerprint density at radius 1 is 1.02 bits per heavy atom. The van der Waals surface area contributed by atoms with Crippen LogP contribution in [0.3, 0.4) is 0 Å². The van der Waals surface area contributed by atoms with Gasteiger partial charge in [0, 0.05) is 55.3 Å². The first-order valence-electron chi connectivity index (χ1n) is 14.9. The maximum atomic E-state index is 12.7. The van der Waals surface area contributed by atoms with Gasteiger partial charge in [-0.3, -0.25) is 29.8 Å². The number of hydroxylamine groups is 2. The third kappa shape index (κ3) is 6.80. The molecule has 1 saturated heterocycles. The standard InChI is InChI=1S/C34H28N5O9.ClH/c1-21(34(42)48-37-31(40)14-15-32(37)41)25-12-10-22(18-29(25)39(45)46)20-36-17-16-23(26-7-3-4-8-27(26)36)6-5-9-33-35(2)28-13-11-24(38(43)44)19-30(28)47-33;/h3-13,16-19,21H,14-15,20H2,1-2H3;1H/q+1;/p-1. The molecule has 0 aliphatic carbocycles. The highest BCUT2D eigenvalue weighted by Gasteiger charge is 2.36. The molecule has 1 atom stereocenters. The summed E-state index contributed by atoms with van der Waals surface area (Å²) >= 11 is 0. The average Bonchev–Trinajstić information content (AvgIpc) is 3.57. The molecule has 0 bridgehead atoms. The van der Waals surface area contributed by atoms with Crippen molar-refractivity contribution in [1.82, 2.24) is 5.06 Å². The van der Waals surface area contributed by atoms with E-state index in [9.17, 15) is 34.6 Å². The number of para-hydroxylation sites is 1. The Morgan fingerprint density at radius 3 is 2.47 bits per heavy atom. The summed E-state index contributed by atoms with van der Waals surface area (Å²) in [5.41, 5.74) is 2.84. The molecule has 49 heavy (non-hydrogen) atoms. The van der Waals surface area contributed by atoms with Crippen LogP contribution in [0.4, 0.5) is 17.1 Å². The third-order valence-electron chi connectivity index (χ3n) is 8.19. The van der Waals surface area contributed by atoms with Crippen LogP contribution < -0.4 is 26.6 Å². The summed E-state index contributed by atoms with van der Waals surface area (Å²) in [6.07, 6.45) is 7.24. The van der Waals surface area contributed by atoms with Gasteiger partial charge in [-0.2, -0.15) is 4.57 Å². The van der Waals surface area contributed by atoms with Gasteiger partial charge >= 0.3 is 5.97 Å². The number of carbonyl (C=O) groups is 3. The molecule has 4 aromatic rings. The topological polar surface area (TPSA) is 166 Å². The summed E-state index contributed by atoms with van der Waals surface area (Å²) in [5.74, 6) is -2.43. The zero-order valence-electron chi connectivity index (χ0n) is 26.1. The molecule has 6 rings (SSSR count). The molecule has 0 N–H and O–H groups in total. The van der Waals surface area contributed by atoms with Crippen LogP contribution in [0.15, 0.2) is 91.0 Å². The lowest BCUT2D eigenvalue weighted by atomic mass is 9.97. The molecule has 1 aromatic heterocycles. The van der Waals surface area contributed by atoms with Crippen molar-refractivity contribution in [3.05, 3.63) is 128 Å². The van der Waals surface area contributed by atoms with Crippen molar-refractivity contribution in [2.75, 3.05) is 11.9 Å². The average molecular weight is 686 g/mol. The highest BCUT2D eigenvalue weighted by molar-refractivity contribution is 6.01. The van der Waals surface area contributed by atoms with Crippen molar-refractivity contribution in [1.29, 1.82) is 0 Å². The lowest BCUT2D eigenvalue weighted by Gasteiger charge is -2.16. The number of benzene rings is 3. The number of anilines is 1. The number of pyridine rings is 1. The maximum Gasteiger partial charge on any atom is 0.340 e. The lowest BCUT2D eigenvalue weighted by Crippen LogP contribution is -3.00. The minimum atomic E-state index is -1.11. The van der Waals surface area contributed by atoms with Crippen molar-refractivity contribution < 1.29 is 50.8 Å². The number of ether oxygens (including phenoxy) is 1. The fourth-order valence-corrected chi connectivity index (χ4v) is 5.61. The van der Waals surface area contributed by atoms with E-state index in [1.165, 1.54) is 31.2 Å². The first-order chi connectivity index (χ1) is 23.0. The molecule has 2 amide bonds. The van der Waals surface area contributed by atoms with E-state index in [0.717, 1.165) is 16.5 Å². The molecule has 3 aromatic carbocycles. The Morgan fingerprint density at radius 2 is 1.76 bits per heavy atom. The largest absolute Gasteiger partial charge is 1.00 e. The fraction of sp³-hybridized carbons (Fsp3) is 0.176. The van der Waals surface area contributed by atoms with Crippen molar-refractivity contribution >= 4 is 51.8 Å². The Kier molecular flexibility index (Phi) is 9.71. The first-order valence-corrected chi connectivity index (χ1v) is 14.9. The van der Waals surface area contributed by atoms with E-state index in [-0.39, 0.29) is 48.7 Å². The molecule has 2 aliphatic rings. The van der Waals surface area contributed by atoms with Gasteiger partial charge < -0.3 is 26.9 Å². The fourth-order valence-electron chi connectivity index (χ4n) is 5.61. The number of fused-ring (bicyclic) bond motifs is 2. The maximum absolute atomic E-state index is 12.7. The van der Waals surface area contributed by atoms with E-state index >= 15 is 0 Å². The first kappa shape index (κ1) is 34.2. The number of allylic oxidation sites excluding steroid dienone is 2. The van der Waals surface area contributed by atoms with Crippen LogP contribution in [0.25, 0.3) is 17.0 Å². The van der Waals surface area contributed by atoms with Crippen LogP contribution in [0.1, 0.15) is 42.4 Å². The predicted molar refractivity (Wildman–Crippen MR) is 171 cm³/mol. The summed E-state index contributed by atoms with van der Waals surface area (Å²) in [4.78, 5) is 65.4. The minimum absolute atomic E-state index is 0. The van der Waals surface area contributed by atoms with E-state index in [1.807, 2.05) is 53.2 Å². The third-order valence-corrected chi connectivity index (χ3v) is 8.19. The monoisotopic (exact) mass is 685 g/mol. The van der Waals surface area contributed by atoms with Gasteiger partial charge in [0.2, 0.25) is 5.52 Å². The number of nitro groups is 2. The van der Waals surface area contributed by atoms with Gasteiger partial charge in [-0.1, -0.05) is 36.4 Å². The SMILES string of the molecule is CC(C(=O)ON1C(=O)CCC1=O)c1ccc(C[n+]2ccc(/C=C/C=C3\Oc4cc([N+](=O)[O-])ccc4N3C)c3ccccc32)cc1[N+](=O)[O-].[Cl-]. The summed E-state index contributed by atoms with van der Waals surface area (Å²) < 4.78 is 7.79. The van der Waals surface area contributed by atoms with E-state index in [1.54, 1.807) is 30.2 Å². The van der Waals surface area contributed by atoms with Gasteiger partial charge in [-0.25, -0.2) is 4.79 Å². The van der Waals surface area contributed by atoms with E-state index in [2.05, 4.69) is 0 Å². The molecule has 1 fully saturated rings. The Bertz CT molecular complexity index is 2080. The summed E-state index contributed by atoms with van der Waals surface area (Å²) in [7, 11) is 1.81. The second-order valence-corrected chi connectivity index (χ2v) is 11.2. The minimum Gasteiger partial charge on any atom is -1.00 e. The van der Waals surface area contributed by atoms with Crippen molar-refractivity contribution in [2.24, 2.45) is 0 Å². The number of carbonyl (C=O) groups excluding carboxylic acids is 3. The van der Waals surface area contributed by atoms with Gasteiger partial charge in [0.05, 0.1) is 32.9 Å². The Balaban J connectivity index is 0.00000468. The molecule has 0 radical (unpaired) electrons. The summed E-state index contributed by atoms with van der Waals surface area (Å²) in [6, 6.07) is 18.6. The van der Waals surface area contributed by atoms with Crippen LogP contribution in [0.2, 0.25) is 0 Å². The Labute approximate surface area is 285 Å². The summed E-state index contributed by atoms with van der Waals surface area (Å²) in [6.45, 7) is 1.70. The molecular formula is C34H28ClN5O9. The van der Waals surface area contributed by atoms with Crippen LogP contribution in [0, 0.1) is 20.2 Å². The van der Waals surface area contributed by atoms with E-state index < -0.39 is 33.5 Å². The number of imide groups is 1.